The molecular weight excluding hydrogens is 124 g/mol. The number of hydrogen-bond donors (Lipinski definition) is 1. The molecule has 0 aromatic heterocycles. The molecule has 0 heterocycles. The van der Waals surface area contributed by atoms with Crippen LogP contribution in [0, 0.1) is 0 Å². The third-order valence-electron chi connectivity index (χ3n) is 1.37. The highest BCUT2D eigenvalue weighted by atomic mass is 14.7. The van der Waals surface area contributed by atoms with Crippen molar-refractivity contribution >= 4 is 5.71 Å². The molecule has 0 amide bonds. The molecule has 10 heavy (non-hydrogen) atoms. The zero-order valence-electron chi connectivity index (χ0n) is 5.75. The molecule has 2 N–H and O–H groups in total. The summed E-state index contributed by atoms with van der Waals surface area (Å²) in [4.78, 5) is 4.02. The Morgan fingerprint density at radius 2 is 2.50 bits per heavy atom. The molecule has 0 saturated carbocycles. The van der Waals surface area contributed by atoms with E-state index in [2.05, 4.69) is 11.6 Å². The summed E-state index contributed by atoms with van der Waals surface area (Å²) in [7, 11) is 0. The monoisotopic (exact) mass is 134 g/mol. The van der Waals surface area contributed by atoms with Gasteiger partial charge in [-0.1, -0.05) is 12.7 Å². The van der Waals surface area contributed by atoms with E-state index in [0.29, 0.717) is 0 Å². The maximum atomic E-state index is 5.34. The second kappa shape index (κ2) is 3.01. The van der Waals surface area contributed by atoms with Gasteiger partial charge < -0.3 is 5.73 Å². The molecule has 0 unspecified atom stereocenters. The van der Waals surface area contributed by atoms with Crippen molar-refractivity contribution in [2.24, 2.45) is 10.7 Å². The molecule has 2 nitrogen and oxygen atoms in total. The molecule has 52 valence electrons. The predicted octanol–water partition coefficient (Wildman–Crippen LogP) is 1.37. The number of allylic oxidation sites excluding steroid dienone is 3. The van der Waals surface area contributed by atoms with Gasteiger partial charge in [0.1, 0.15) is 0 Å². The summed E-state index contributed by atoms with van der Waals surface area (Å²) in [5.41, 5.74) is 7.33. The lowest BCUT2D eigenvalue weighted by Crippen LogP contribution is -1.95. The van der Waals surface area contributed by atoms with Crippen LogP contribution in [-0.2, 0) is 0 Å². The number of hydrogen-bond acceptors (Lipinski definition) is 2. The molecule has 2 heteroatoms. The quantitative estimate of drug-likeness (QED) is 0.578. The summed E-state index contributed by atoms with van der Waals surface area (Å²) in [5.74, 6) is 0. The Morgan fingerprint density at radius 1 is 1.70 bits per heavy atom. The fraction of sp³-hybridized carbons (Fsp3) is 0.125. The molecule has 0 bridgehead atoms. The van der Waals surface area contributed by atoms with E-state index in [1.165, 1.54) is 6.20 Å². The summed E-state index contributed by atoms with van der Waals surface area (Å²) in [6.07, 6.45) is 7.97. The highest BCUT2D eigenvalue weighted by molar-refractivity contribution is 6.10. The van der Waals surface area contributed by atoms with Gasteiger partial charge in [0, 0.05) is 6.20 Å². The van der Waals surface area contributed by atoms with E-state index in [1.54, 1.807) is 6.20 Å². The van der Waals surface area contributed by atoms with Crippen LogP contribution >= 0.6 is 0 Å². The third kappa shape index (κ3) is 1.16. The van der Waals surface area contributed by atoms with Crippen LogP contribution in [-0.4, -0.2) is 5.71 Å². The van der Waals surface area contributed by atoms with E-state index in [1.807, 2.05) is 12.2 Å². The van der Waals surface area contributed by atoms with E-state index in [0.717, 1.165) is 17.7 Å². The maximum absolute atomic E-state index is 5.34. The first-order valence-corrected chi connectivity index (χ1v) is 3.15. The van der Waals surface area contributed by atoms with Crippen LogP contribution in [0.4, 0.5) is 0 Å². The first-order valence-electron chi connectivity index (χ1n) is 3.15. The molecule has 0 aliphatic heterocycles. The van der Waals surface area contributed by atoms with E-state index in [-0.39, 0.29) is 0 Å². The molecule has 0 saturated heterocycles. The average Bonchev–Trinajstić information content (AvgIpc) is 2.36. The molecule has 0 spiro atoms. The summed E-state index contributed by atoms with van der Waals surface area (Å²) in [5, 5.41) is 0. The van der Waals surface area contributed by atoms with E-state index in [9.17, 15) is 0 Å². The van der Waals surface area contributed by atoms with Crippen molar-refractivity contribution in [2.75, 3.05) is 0 Å². The molecule has 1 aliphatic carbocycles. The van der Waals surface area contributed by atoms with Crippen molar-refractivity contribution in [3.8, 4) is 0 Å². The fourth-order valence-corrected chi connectivity index (χ4v) is 0.887. The van der Waals surface area contributed by atoms with Crippen LogP contribution in [0.5, 0.6) is 0 Å². The molecular formula is C8H10N2. The van der Waals surface area contributed by atoms with Gasteiger partial charge in [0.05, 0.1) is 5.71 Å². The highest BCUT2D eigenvalue weighted by Gasteiger charge is 2.06. The maximum Gasteiger partial charge on any atom is 0.0675 e. The van der Waals surface area contributed by atoms with Gasteiger partial charge in [-0.25, -0.2) is 0 Å². The van der Waals surface area contributed by atoms with Gasteiger partial charge in [0.25, 0.3) is 0 Å². The van der Waals surface area contributed by atoms with Crippen LogP contribution < -0.4 is 5.73 Å². The Labute approximate surface area is 60.5 Å². The van der Waals surface area contributed by atoms with Gasteiger partial charge in [-0.2, -0.15) is 0 Å². The molecule has 0 fully saturated rings. The van der Waals surface area contributed by atoms with Crippen molar-refractivity contribution in [1.29, 1.82) is 0 Å². The molecule has 0 aromatic carbocycles. The minimum atomic E-state index is 0.892. The second-order valence-electron chi connectivity index (χ2n) is 2.00. The van der Waals surface area contributed by atoms with Gasteiger partial charge in [-0.15, -0.1) is 0 Å². The normalized spacial score (nSPS) is 24.4. The van der Waals surface area contributed by atoms with Crippen LogP contribution in [0.2, 0.25) is 0 Å². The average molecular weight is 134 g/mol. The van der Waals surface area contributed by atoms with Crippen LogP contribution in [0.1, 0.15) is 6.42 Å². The van der Waals surface area contributed by atoms with Gasteiger partial charge >= 0.3 is 0 Å². The number of nitrogens with two attached hydrogens (primary N) is 1. The zero-order valence-corrected chi connectivity index (χ0v) is 5.75. The Bertz CT molecular complexity index is 221. The number of aliphatic imine (C=N–C) groups is 1. The van der Waals surface area contributed by atoms with Crippen molar-refractivity contribution < 1.29 is 0 Å². The zero-order chi connectivity index (χ0) is 7.40. The van der Waals surface area contributed by atoms with E-state index < -0.39 is 0 Å². The van der Waals surface area contributed by atoms with Crippen molar-refractivity contribution in [1.82, 2.24) is 0 Å². The summed E-state index contributed by atoms with van der Waals surface area (Å²) in [6.45, 7) is 3.50. The minimum absolute atomic E-state index is 0.892. The smallest absolute Gasteiger partial charge is 0.0675 e. The Kier molecular flexibility index (Phi) is 2.05. The van der Waals surface area contributed by atoms with Crippen LogP contribution in [0.3, 0.4) is 0 Å². The van der Waals surface area contributed by atoms with E-state index >= 15 is 0 Å². The van der Waals surface area contributed by atoms with Gasteiger partial charge in [0.15, 0.2) is 0 Å². The first-order chi connectivity index (χ1) is 4.88. The Balaban J connectivity index is 2.86. The van der Waals surface area contributed by atoms with Gasteiger partial charge in [-0.3, -0.25) is 4.99 Å². The standard InChI is InChI=1S/C8H10N2/c1-2-10-8-5-3-4-7(8)6-9/h2-3,5-6H,1,4,9H2/b7-6-,10-8?. The lowest BCUT2D eigenvalue weighted by molar-refractivity contribution is 1.32. The minimum Gasteiger partial charge on any atom is -0.404 e. The van der Waals surface area contributed by atoms with E-state index in [4.69, 9.17) is 5.73 Å². The molecule has 0 atom stereocenters. The van der Waals surface area contributed by atoms with Crippen molar-refractivity contribution in [3.63, 3.8) is 0 Å². The lowest BCUT2D eigenvalue weighted by Gasteiger charge is -1.93. The van der Waals surface area contributed by atoms with Crippen LogP contribution in [0.25, 0.3) is 0 Å². The second-order valence-corrected chi connectivity index (χ2v) is 2.00. The molecule has 1 rings (SSSR count). The lowest BCUT2D eigenvalue weighted by atomic mass is 10.2. The van der Waals surface area contributed by atoms with Crippen molar-refractivity contribution in [3.05, 3.63) is 36.7 Å². The highest BCUT2D eigenvalue weighted by Crippen LogP contribution is 2.12. The predicted molar refractivity (Wildman–Crippen MR) is 43.7 cm³/mol. The molecule has 0 radical (unpaired) electrons. The SMILES string of the molecule is C=CN=C1C=CC/C1=C/N. The number of rotatable bonds is 1. The van der Waals surface area contributed by atoms with Gasteiger partial charge in [0.2, 0.25) is 0 Å². The molecule has 1 aliphatic rings. The number of nitrogens with zero attached hydrogens (tertiary/aromatic N) is 1. The Morgan fingerprint density at radius 3 is 3.10 bits per heavy atom. The summed E-state index contributed by atoms with van der Waals surface area (Å²) >= 11 is 0. The fourth-order valence-electron chi connectivity index (χ4n) is 0.887. The van der Waals surface area contributed by atoms with Crippen molar-refractivity contribution in [2.45, 2.75) is 6.42 Å². The van der Waals surface area contributed by atoms with Gasteiger partial charge in [-0.05, 0) is 24.3 Å². The largest absolute Gasteiger partial charge is 0.404 e. The topological polar surface area (TPSA) is 38.4 Å². The van der Waals surface area contributed by atoms with Crippen LogP contribution in [0.15, 0.2) is 41.7 Å². The summed E-state index contributed by atoms with van der Waals surface area (Å²) < 4.78 is 0. The molecule has 0 aromatic rings. The third-order valence-corrected chi connectivity index (χ3v) is 1.37. The Hall–Kier alpha value is -1.31. The summed E-state index contributed by atoms with van der Waals surface area (Å²) in [6, 6.07) is 0. The first kappa shape index (κ1) is 6.81.